The van der Waals surface area contributed by atoms with Crippen LogP contribution in [0.3, 0.4) is 0 Å². The molecule has 0 saturated carbocycles. The van der Waals surface area contributed by atoms with Crippen molar-refractivity contribution in [3.05, 3.63) is 199 Å². The van der Waals surface area contributed by atoms with Crippen LogP contribution >= 0.6 is 0 Å². The third kappa shape index (κ3) is 4.30. The largest absolute Gasteiger partial charge is 0.309 e. The number of anilines is 2. The molecule has 9 aromatic carbocycles. The van der Waals surface area contributed by atoms with Crippen LogP contribution < -0.4 is 4.90 Å². The predicted octanol–water partition coefficient (Wildman–Crippen LogP) is 13.9. The number of hydrogen-bond acceptors (Lipinski definition) is 1. The second-order valence-corrected chi connectivity index (χ2v) is 14.0. The minimum absolute atomic E-state index is 0.944. The highest BCUT2D eigenvalue weighted by molar-refractivity contribution is 6.23. The molecule has 0 amide bonds. The minimum Gasteiger partial charge on any atom is -0.309 e. The fourth-order valence-corrected chi connectivity index (χ4v) is 8.89. The molecule has 0 aromatic heterocycles. The zero-order chi connectivity index (χ0) is 34.2. The molecule has 2 aliphatic rings. The van der Waals surface area contributed by atoms with Gasteiger partial charge in [-0.2, -0.15) is 0 Å². The molecule has 52 heavy (non-hydrogen) atoms. The van der Waals surface area contributed by atoms with E-state index in [2.05, 4.69) is 193 Å². The lowest BCUT2D eigenvalue weighted by molar-refractivity contribution is 1.14. The highest BCUT2D eigenvalue weighted by atomic mass is 15.2. The normalized spacial score (nSPS) is 13.0. The molecule has 2 heterocycles. The van der Waals surface area contributed by atoms with Gasteiger partial charge in [-0.05, 0) is 95.4 Å². The van der Waals surface area contributed by atoms with E-state index >= 15 is 0 Å². The zero-order valence-corrected chi connectivity index (χ0v) is 28.6. The molecule has 1 heteroatoms. The number of rotatable bonds is 3. The Hall–Kier alpha value is -6.70. The van der Waals surface area contributed by atoms with Crippen molar-refractivity contribution in [3.8, 4) is 44.5 Å². The van der Waals surface area contributed by atoms with Gasteiger partial charge in [-0.1, -0.05) is 176 Å². The molecule has 0 saturated heterocycles. The van der Waals surface area contributed by atoms with E-state index in [0.717, 1.165) is 6.42 Å². The first-order valence-corrected chi connectivity index (χ1v) is 18.2. The third-order valence-electron chi connectivity index (χ3n) is 11.2. The van der Waals surface area contributed by atoms with Gasteiger partial charge in [0.2, 0.25) is 0 Å². The van der Waals surface area contributed by atoms with Gasteiger partial charge in [0.25, 0.3) is 0 Å². The number of hydrogen-bond donors (Lipinski definition) is 0. The molecule has 0 fully saturated rings. The van der Waals surface area contributed by atoms with Crippen molar-refractivity contribution in [2.45, 2.75) is 6.42 Å². The summed E-state index contributed by atoms with van der Waals surface area (Å²) in [5.74, 6) is 0. The predicted molar refractivity (Wildman–Crippen MR) is 221 cm³/mol. The number of para-hydroxylation sites is 1. The summed E-state index contributed by atoms with van der Waals surface area (Å²) in [6.07, 6.45) is 3.34. The molecule has 0 bridgehead atoms. The molecular formula is C51H33N. The standard InChI is InChI=1S/C51H33N/c1-3-15-38-34(12-1)14-11-22-42(38)51-45-20-8-6-18-43(45)50(44-19-7-9-21-46(44)51)36-26-24-33(25-27-36)37-28-30-41-39-16-4-5-17-40(39)48-31-29-35-13-2-10-23-47(35)52(48)49(41)32-37/h1-28,30-32H,29H2. The van der Waals surface area contributed by atoms with Crippen LogP contribution in [-0.2, 0) is 6.42 Å². The molecule has 0 aliphatic carbocycles. The lowest BCUT2D eigenvalue weighted by Gasteiger charge is -2.39. The Balaban J connectivity index is 1.07. The van der Waals surface area contributed by atoms with E-state index < -0.39 is 0 Å². The molecule has 0 N–H and O–H groups in total. The SMILES string of the molecule is C1=C2c3ccccc3-c3ccc(-c4ccc(-c5c6ccccc6c(-c6cccc7ccccc67)c6ccccc56)cc4)cc3N2c2ccccc2C1. The summed E-state index contributed by atoms with van der Waals surface area (Å²) < 4.78 is 0. The summed E-state index contributed by atoms with van der Waals surface area (Å²) in [7, 11) is 0. The first kappa shape index (κ1) is 29.1. The van der Waals surface area contributed by atoms with E-state index in [1.165, 1.54) is 105 Å². The van der Waals surface area contributed by atoms with Crippen molar-refractivity contribution in [2.24, 2.45) is 0 Å². The van der Waals surface area contributed by atoms with E-state index in [-0.39, 0.29) is 0 Å². The van der Waals surface area contributed by atoms with Gasteiger partial charge in [0.15, 0.2) is 0 Å². The number of nitrogens with zero attached hydrogens (tertiary/aromatic N) is 1. The summed E-state index contributed by atoms with van der Waals surface area (Å²) in [6, 6.07) is 67.2. The third-order valence-corrected chi connectivity index (χ3v) is 11.2. The van der Waals surface area contributed by atoms with Gasteiger partial charge in [-0.25, -0.2) is 0 Å². The number of allylic oxidation sites excluding steroid dienone is 1. The van der Waals surface area contributed by atoms with E-state index in [4.69, 9.17) is 0 Å². The van der Waals surface area contributed by atoms with Crippen molar-refractivity contribution in [1.29, 1.82) is 0 Å². The van der Waals surface area contributed by atoms with E-state index in [1.54, 1.807) is 0 Å². The average molecular weight is 660 g/mol. The lowest BCUT2D eigenvalue weighted by atomic mass is 9.84. The number of benzene rings is 9. The van der Waals surface area contributed by atoms with Gasteiger partial charge in [0.05, 0.1) is 11.4 Å². The molecule has 2 aliphatic heterocycles. The maximum atomic E-state index is 2.48. The van der Waals surface area contributed by atoms with Gasteiger partial charge in [0.1, 0.15) is 0 Å². The fraction of sp³-hybridized carbons (Fsp3) is 0.0196. The molecule has 0 unspecified atom stereocenters. The van der Waals surface area contributed by atoms with Gasteiger partial charge in [-0.15, -0.1) is 0 Å². The Morgan fingerprint density at radius 2 is 0.904 bits per heavy atom. The van der Waals surface area contributed by atoms with Crippen LogP contribution in [0.25, 0.3) is 82.5 Å². The topological polar surface area (TPSA) is 3.24 Å². The summed E-state index contributed by atoms with van der Waals surface area (Å²) in [5, 5.41) is 7.63. The Morgan fingerprint density at radius 1 is 0.346 bits per heavy atom. The second-order valence-electron chi connectivity index (χ2n) is 14.0. The number of fused-ring (bicyclic) bond motifs is 11. The molecular weight excluding hydrogens is 627 g/mol. The average Bonchev–Trinajstić information content (AvgIpc) is 3.22. The molecule has 0 radical (unpaired) electrons. The molecule has 11 rings (SSSR count). The lowest BCUT2D eigenvalue weighted by Crippen LogP contribution is -2.24. The van der Waals surface area contributed by atoms with Crippen molar-refractivity contribution < 1.29 is 0 Å². The Morgan fingerprint density at radius 3 is 1.67 bits per heavy atom. The summed E-state index contributed by atoms with van der Waals surface area (Å²) in [4.78, 5) is 2.48. The summed E-state index contributed by atoms with van der Waals surface area (Å²) in [6.45, 7) is 0. The monoisotopic (exact) mass is 659 g/mol. The van der Waals surface area contributed by atoms with Gasteiger partial charge < -0.3 is 4.90 Å². The van der Waals surface area contributed by atoms with Crippen LogP contribution in [0.5, 0.6) is 0 Å². The van der Waals surface area contributed by atoms with Gasteiger partial charge >= 0.3 is 0 Å². The summed E-state index contributed by atoms with van der Waals surface area (Å²) >= 11 is 0. The minimum atomic E-state index is 0.944. The van der Waals surface area contributed by atoms with Crippen molar-refractivity contribution in [1.82, 2.24) is 0 Å². The van der Waals surface area contributed by atoms with Gasteiger partial charge in [0, 0.05) is 16.8 Å². The maximum absolute atomic E-state index is 2.48. The highest BCUT2D eigenvalue weighted by Crippen LogP contribution is 2.52. The van der Waals surface area contributed by atoms with Crippen LogP contribution in [0.1, 0.15) is 11.1 Å². The van der Waals surface area contributed by atoms with E-state index in [9.17, 15) is 0 Å². The van der Waals surface area contributed by atoms with Crippen molar-refractivity contribution >= 4 is 49.4 Å². The second kappa shape index (κ2) is 11.4. The molecule has 9 aromatic rings. The molecule has 1 nitrogen and oxygen atoms in total. The summed E-state index contributed by atoms with van der Waals surface area (Å²) in [5.41, 5.74) is 16.5. The van der Waals surface area contributed by atoms with Gasteiger partial charge in [-0.3, -0.25) is 0 Å². The fourth-order valence-electron chi connectivity index (χ4n) is 8.89. The first-order valence-electron chi connectivity index (χ1n) is 18.2. The van der Waals surface area contributed by atoms with Crippen LogP contribution in [0.4, 0.5) is 11.4 Å². The van der Waals surface area contributed by atoms with Crippen molar-refractivity contribution in [3.63, 3.8) is 0 Å². The molecule has 0 spiro atoms. The first-order chi connectivity index (χ1) is 25.8. The highest BCUT2D eigenvalue weighted by Gasteiger charge is 2.31. The van der Waals surface area contributed by atoms with E-state index in [1.807, 2.05) is 0 Å². The quantitative estimate of drug-likeness (QED) is 0.171. The van der Waals surface area contributed by atoms with Crippen LogP contribution in [-0.4, -0.2) is 0 Å². The maximum Gasteiger partial charge on any atom is 0.0546 e. The zero-order valence-electron chi connectivity index (χ0n) is 28.6. The van der Waals surface area contributed by atoms with Crippen LogP contribution in [0.2, 0.25) is 0 Å². The Labute approximate surface area is 303 Å². The van der Waals surface area contributed by atoms with Crippen molar-refractivity contribution in [2.75, 3.05) is 4.90 Å². The Bertz CT molecular complexity index is 2870. The van der Waals surface area contributed by atoms with Crippen LogP contribution in [0.15, 0.2) is 188 Å². The smallest absolute Gasteiger partial charge is 0.0546 e. The molecule has 242 valence electrons. The van der Waals surface area contributed by atoms with E-state index in [0.29, 0.717) is 0 Å². The molecule has 0 atom stereocenters. The van der Waals surface area contributed by atoms with Crippen LogP contribution in [0, 0.1) is 0 Å². The Kier molecular flexibility index (Phi) is 6.38.